The molecule has 0 bridgehead atoms. The van der Waals surface area contributed by atoms with Crippen molar-refractivity contribution in [2.75, 3.05) is 18.0 Å². The molecule has 2 heterocycles. The van der Waals surface area contributed by atoms with Crippen molar-refractivity contribution in [2.45, 2.75) is 26.1 Å². The number of rotatable bonds is 2. The van der Waals surface area contributed by atoms with Gasteiger partial charge in [-0.1, -0.05) is 24.3 Å². The van der Waals surface area contributed by atoms with E-state index in [1.165, 1.54) is 6.20 Å². The molecule has 110 valence electrons. The van der Waals surface area contributed by atoms with Crippen LogP contribution >= 0.6 is 0 Å². The standard InChI is InChI=1S/C16H18N2O3/c1-10-8-18(9-11(2)21-10)15-13-6-4-3-5-12(13)14(7-17-15)16(19)20/h3-7,10-11H,8-9H2,1-2H3,(H,19,20). The van der Waals surface area contributed by atoms with Gasteiger partial charge in [-0.25, -0.2) is 9.78 Å². The fourth-order valence-corrected chi connectivity index (χ4v) is 2.95. The normalized spacial score (nSPS) is 22.5. The van der Waals surface area contributed by atoms with E-state index in [9.17, 15) is 9.90 Å². The van der Waals surface area contributed by atoms with Crippen LogP contribution in [-0.4, -0.2) is 41.4 Å². The summed E-state index contributed by atoms with van der Waals surface area (Å²) in [5, 5.41) is 10.9. The Bertz CT molecular complexity index is 676. The molecule has 3 rings (SSSR count). The molecule has 0 radical (unpaired) electrons. The third-order valence-corrected chi connectivity index (χ3v) is 3.72. The highest BCUT2D eigenvalue weighted by molar-refractivity contribution is 6.06. The van der Waals surface area contributed by atoms with Gasteiger partial charge in [-0.3, -0.25) is 0 Å². The van der Waals surface area contributed by atoms with Gasteiger partial charge in [0.25, 0.3) is 0 Å². The van der Waals surface area contributed by atoms with Crippen LogP contribution in [0.4, 0.5) is 5.82 Å². The van der Waals surface area contributed by atoms with Gasteiger partial charge < -0.3 is 14.7 Å². The second-order valence-electron chi connectivity index (χ2n) is 5.51. The first-order valence-electron chi connectivity index (χ1n) is 7.07. The summed E-state index contributed by atoms with van der Waals surface area (Å²) in [6.07, 6.45) is 1.71. The Morgan fingerprint density at radius 2 is 1.86 bits per heavy atom. The smallest absolute Gasteiger partial charge is 0.337 e. The Morgan fingerprint density at radius 1 is 1.24 bits per heavy atom. The van der Waals surface area contributed by atoms with Crippen LogP contribution in [0.2, 0.25) is 0 Å². The van der Waals surface area contributed by atoms with Crippen molar-refractivity contribution in [1.29, 1.82) is 0 Å². The fraction of sp³-hybridized carbons (Fsp3) is 0.375. The highest BCUT2D eigenvalue weighted by atomic mass is 16.5. The van der Waals surface area contributed by atoms with Crippen molar-refractivity contribution in [3.05, 3.63) is 36.0 Å². The summed E-state index contributed by atoms with van der Waals surface area (Å²) in [4.78, 5) is 17.9. The molecular formula is C16H18N2O3. The van der Waals surface area contributed by atoms with E-state index < -0.39 is 5.97 Å². The van der Waals surface area contributed by atoms with Crippen LogP contribution in [0.25, 0.3) is 10.8 Å². The zero-order valence-electron chi connectivity index (χ0n) is 12.1. The molecule has 1 aliphatic heterocycles. The van der Waals surface area contributed by atoms with Crippen LogP contribution in [0.15, 0.2) is 30.5 Å². The first-order chi connectivity index (χ1) is 10.1. The lowest BCUT2D eigenvalue weighted by Gasteiger charge is -2.36. The quantitative estimate of drug-likeness (QED) is 0.919. The molecule has 0 saturated carbocycles. The molecule has 21 heavy (non-hydrogen) atoms. The minimum absolute atomic E-state index is 0.133. The maximum absolute atomic E-state index is 11.3. The van der Waals surface area contributed by atoms with E-state index in [4.69, 9.17) is 4.74 Å². The van der Waals surface area contributed by atoms with E-state index in [0.717, 1.165) is 29.7 Å². The Hall–Kier alpha value is -2.14. The van der Waals surface area contributed by atoms with Crippen molar-refractivity contribution >= 4 is 22.6 Å². The van der Waals surface area contributed by atoms with Gasteiger partial charge in [0, 0.05) is 30.1 Å². The molecule has 2 atom stereocenters. The summed E-state index contributed by atoms with van der Waals surface area (Å²) >= 11 is 0. The molecule has 1 aromatic carbocycles. The van der Waals surface area contributed by atoms with Gasteiger partial charge in [0.2, 0.25) is 0 Å². The average molecular weight is 286 g/mol. The Morgan fingerprint density at radius 3 is 2.48 bits per heavy atom. The summed E-state index contributed by atoms with van der Waals surface area (Å²) in [6.45, 7) is 5.59. The van der Waals surface area contributed by atoms with Crippen LogP contribution in [-0.2, 0) is 4.74 Å². The number of hydrogen-bond donors (Lipinski definition) is 1. The molecule has 0 aliphatic carbocycles. The maximum Gasteiger partial charge on any atom is 0.337 e. The molecule has 5 heteroatoms. The number of nitrogens with zero attached hydrogens (tertiary/aromatic N) is 2. The van der Waals surface area contributed by atoms with Crippen LogP contribution in [0.3, 0.4) is 0 Å². The number of anilines is 1. The van der Waals surface area contributed by atoms with Gasteiger partial charge in [-0.15, -0.1) is 0 Å². The molecule has 1 aliphatic rings. The van der Waals surface area contributed by atoms with E-state index in [1.807, 2.05) is 38.1 Å². The maximum atomic E-state index is 11.3. The van der Waals surface area contributed by atoms with Crippen LogP contribution in [0.5, 0.6) is 0 Å². The number of carbonyl (C=O) groups is 1. The third-order valence-electron chi connectivity index (χ3n) is 3.72. The molecule has 1 saturated heterocycles. The fourth-order valence-electron chi connectivity index (χ4n) is 2.95. The molecule has 1 aromatic heterocycles. The lowest BCUT2D eigenvalue weighted by atomic mass is 10.1. The first kappa shape index (κ1) is 13.8. The summed E-state index contributed by atoms with van der Waals surface area (Å²) in [6, 6.07) is 7.52. The lowest BCUT2D eigenvalue weighted by Crippen LogP contribution is -2.46. The number of carboxylic acid groups (broad SMARTS) is 1. The number of morpholine rings is 1. The molecular weight excluding hydrogens is 268 g/mol. The van der Waals surface area contributed by atoms with E-state index >= 15 is 0 Å². The van der Waals surface area contributed by atoms with Gasteiger partial charge in [0.15, 0.2) is 0 Å². The third kappa shape index (κ3) is 2.56. The van der Waals surface area contributed by atoms with Gasteiger partial charge in [-0.05, 0) is 13.8 Å². The molecule has 0 amide bonds. The van der Waals surface area contributed by atoms with Gasteiger partial charge in [-0.2, -0.15) is 0 Å². The summed E-state index contributed by atoms with van der Waals surface area (Å²) in [5.41, 5.74) is 0.240. The number of hydrogen-bond acceptors (Lipinski definition) is 4. The van der Waals surface area contributed by atoms with Crippen molar-refractivity contribution in [2.24, 2.45) is 0 Å². The summed E-state index contributed by atoms with van der Waals surface area (Å²) < 4.78 is 5.75. The van der Waals surface area contributed by atoms with Gasteiger partial charge in [0.1, 0.15) is 5.82 Å². The number of aromatic carboxylic acids is 1. The zero-order chi connectivity index (χ0) is 15.0. The van der Waals surface area contributed by atoms with E-state index in [0.29, 0.717) is 0 Å². The molecule has 2 unspecified atom stereocenters. The lowest BCUT2D eigenvalue weighted by molar-refractivity contribution is -0.00537. The minimum atomic E-state index is -0.950. The SMILES string of the molecule is CC1CN(c2ncc(C(=O)O)c3ccccc23)CC(C)O1. The number of pyridine rings is 1. The van der Waals surface area contributed by atoms with Crippen molar-refractivity contribution in [3.63, 3.8) is 0 Å². The number of benzene rings is 1. The predicted octanol–water partition coefficient (Wildman–Crippen LogP) is 2.55. The highest BCUT2D eigenvalue weighted by Crippen LogP contribution is 2.29. The number of aromatic nitrogens is 1. The van der Waals surface area contributed by atoms with Crippen LogP contribution < -0.4 is 4.90 Å². The topological polar surface area (TPSA) is 62.7 Å². The summed E-state index contributed by atoms with van der Waals surface area (Å²) in [5.74, 6) is -0.119. The summed E-state index contributed by atoms with van der Waals surface area (Å²) in [7, 11) is 0. The van der Waals surface area contributed by atoms with E-state index in [-0.39, 0.29) is 17.8 Å². The molecule has 1 N–H and O–H groups in total. The minimum Gasteiger partial charge on any atom is -0.478 e. The Kier molecular flexibility index (Phi) is 3.51. The second kappa shape index (κ2) is 5.33. The average Bonchev–Trinajstić information content (AvgIpc) is 2.44. The van der Waals surface area contributed by atoms with Crippen molar-refractivity contribution < 1.29 is 14.6 Å². The Balaban J connectivity index is 2.11. The van der Waals surface area contributed by atoms with Gasteiger partial charge in [0.05, 0.1) is 17.8 Å². The first-order valence-corrected chi connectivity index (χ1v) is 7.07. The second-order valence-corrected chi connectivity index (χ2v) is 5.51. The van der Waals surface area contributed by atoms with Crippen LogP contribution in [0.1, 0.15) is 24.2 Å². The number of fused-ring (bicyclic) bond motifs is 1. The largest absolute Gasteiger partial charge is 0.478 e. The molecule has 1 fully saturated rings. The predicted molar refractivity (Wildman–Crippen MR) is 80.9 cm³/mol. The van der Waals surface area contributed by atoms with Crippen molar-refractivity contribution in [1.82, 2.24) is 4.98 Å². The van der Waals surface area contributed by atoms with Gasteiger partial charge >= 0.3 is 5.97 Å². The number of ether oxygens (including phenoxy) is 1. The number of carboxylic acids is 1. The van der Waals surface area contributed by atoms with Crippen LogP contribution in [0, 0.1) is 0 Å². The van der Waals surface area contributed by atoms with Crippen molar-refractivity contribution in [3.8, 4) is 0 Å². The zero-order valence-corrected chi connectivity index (χ0v) is 12.1. The van der Waals surface area contributed by atoms with E-state index in [2.05, 4.69) is 9.88 Å². The highest BCUT2D eigenvalue weighted by Gasteiger charge is 2.25. The molecule has 0 spiro atoms. The monoisotopic (exact) mass is 286 g/mol. The van der Waals surface area contributed by atoms with E-state index in [1.54, 1.807) is 0 Å². The molecule has 5 nitrogen and oxygen atoms in total. The molecule has 2 aromatic rings. The Labute approximate surface area is 123 Å².